The zero-order valence-electron chi connectivity index (χ0n) is 28.9. The highest BCUT2D eigenvalue weighted by atomic mass is 32.2. The fraction of sp³-hybridized carbons (Fsp3) is 0.106. The third-order valence-corrected chi connectivity index (χ3v) is 12.4. The van der Waals surface area contributed by atoms with Crippen molar-refractivity contribution in [1.29, 1.82) is 0 Å². The zero-order chi connectivity index (χ0) is 36.4. The number of ether oxygens (including phenoxy) is 1. The van der Waals surface area contributed by atoms with Gasteiger partial charge in [-0.1, -0.05) is 134 Å². The van der Waals surface area contributed by atoms with Gasteiger partial charge in [-0.3, -0.25) is 0 Å². The van der Waals surface area contributed by atoms with Crippen molar-refractivity contribution in [3.05, 3.63) is 191 Å². The van der Waals surface area contributed by atoms with Gasteiger partial charge in [0.1, 0.15) is 5.75 Å². The number of alkyl halides is 3. The van der Waals surface area contributed by atoms with Gasteiger partial charge in [0.15, 0.2) is 5.60 Å². The lowest BCUT2D eigenvalue weighted by atomic mass is 9.76. The number of halogens is 3. The lowest BCUT2D eigenvalue weighted by molar-refractivity contribution is -0.137. The molecule has 0 N–H and O–H groups in total. The normalized spacial score (nSPS) is 15.0. The van der Waals surface area contributed by atoms with E-state index in [1.165, 1.54) is 12.1 Å². The van der Waals surface area contributed by atoms with Crippen molar-refractivity contribution >= 4 is 40.4 Å². The smallest absolute Gasteiger partial charge is 0.416 e. The van der Waals surface area contributed by atoms with Gasteiger partial charge in [-0.05, 0) is 94.4 Å². The molecule has 1 nitrogen and oxygen atoms in total. The predicted molar refractivity (Wildman–Crippen MR) is 211 cm³/mol. The number of hydrogen-bond acceptors (Lipinski definition) is 3. The van der Waals surface area contributed by atoms with Gasteiger partial charge in [0.05, 0.1) is 5.56 Å². The molecule has 7 aromatic carbocycles. The molecule has 0 spiro atoms. The van der Waals surface area contributed by atoms with Gasteiger partial charge in [-0.2, -0.15) is 13.2 Å². The van der Waals surface area contributed by atoms with Crippen molar-refractivity contribution in [2.24, 2.45) is 0 Å². The van der Waals surface area contributed by atoms with Crippen molar-refractivity contribution in [2.75, 3.05) is 0 Å². The molecule has 7 aromatic rings. The molecule has 0 radical (unpaired) electrons. The summed E-state index contributed by atoms with van der Waals surface area (Å²) in [5.41, 5.74) is 3.98. The van der Waals surface area contributed by atoms with Crippen LogP contribution in [0.25, 0.3) is 28.0 Å². The molecular weight excluding hydrogens is 702 g/mol. The van der Waals surface area contributed by atoms with Crippen LogP contribution >= 0.6 is 23.5 Å². The SMILES string of the molecule is CC1(C)c2cc(C(F)(F)F)ccc2-c2c1c1c(c3ccccc23)OC(c2ccc(Sc3ccccc3)cc2)(c2ccc(Sc3ccccc3)cc2)C=C1. The van der Waals surface area contributed by atoms with Gasteiger partial charge in [-0.15, -0.1) is 0 Å². The second-order valence-corrected chi connectivity index (χ2v) is 16.3. The average Bonchev–Trinajstić information content (AvgIpc) is 3.42. The fourth-order valence-corrected chi connectivity index (χ4v) is 9.55. The minimum absolute atomic E-state index is 0.635. The summed E-state index contributed by atoms with van der Waals surface area (Å²) in [6.07, 6.45) is -0.167. The summed E-state index contributed by atoms with van der Waals surface area (Å²) in [5.74, 6) is 0.726. The van der Waals surface area contributed by atoms with Crippen LogP contribution in [0.5, 0.6) is 5.75 Å². The van der Waals surface area contributed by atoms with Crippen LogP contribution in [0.4, 0.5) is 13.2 Å². The summed E-state index contributed by atoms with van der Waals surface area (Å²) in [4.78, 5) is 4.56. The number of benzene rings is 7. The second-order valence-electron chi connectivity index (χ2n) is 14.0. The fourth-order valence-electron chi connectivity index (χ4n) is 7.88. The van der Waals surface area contributed by atoms with E-state index in [2.05, 4.69) is 97.1 Å². The van der Waals surface area contributed by atoms with Gasteiger partial charge in [0.2, 0.25) is 0 Å². The number of fused-ring (bicyclic) bond motifs is 8. The maximum atomic E-state index is 14.0. The first-order valence-electron chi connectivity index (χ1n) is 17.5. The molecule has 0 fully saturated rings. The van der Waals surface area contributed by atoms with E-state index in [1.807, 2.05) is 62.4 Å². The average molecular weight is 735 g/mol. The van der Waals surface area contributed by atoms with Crippen molar-refractivity contribution in [3.63, 3.8) is 0 Å². The Kier molecular flexibility index (Phi) is 8.10. The van der Waals surface area contributed by atoms with Crippen molar-refractivity contribution < 1.29 is 17.9 Å². The third-order valence-electron chi connectivity index (χ3n) is 10.4. The van der Waals surface area contributed by atoms with E-state index in [-0.39, 0.29) is 0 Å². The lowest BCUT2D eigenvalue weighted by Gasteiger charge is -2.38. The molecule has 0 amide bonds. The molecule has 260 valence electrons. The molecule has 0 bridgehead atoms. The Morgan fingerprint density at radius 3 is 1.62 bits per heavy atom. The van der Waals surface area contributed by atoms with E-state index in [4.69, 9.17) is 4.74 Å². The van der Waals surface area contributed by atoms with Gasteiger partial charge in [0, 0.05) is 47.1 Å². The van der Waals surface area contributed by atoms with Gasteiger partial charge in [-0.25, -0.2) is 0 Å². The Bertz CT molecular complexity index is 2440. The van der Waals surface area contributed by atoms with Crippen LogP contribution in [0, 0.1) is 0 Å². The quantitative estimate of drug-likeness (QED) is 0.168. The summed E-state index contributed by atoms with van der Waals surface area (Å²) >= 11 is 3.42. The van der Waals surface area contributed by atoms with E-state index >= 15 is 0 Å². The largest absolute Gasteiger partial charge is 0.472 e. The molecule has 0 aromatic heterocycles. The highest BCUT2D eigenvalue weighted by molar-refractivity contribution is 7.99. The van der Waals surface area contributed by atoms with Crippen LogP contribution in [0.15, 0.2) is 177 Å². The highest BCUT2D eigenvalue weighted by Crippen LogP contribution is 2.58. The lowest BCUT2D eigenvalue weighted by Crippen LogP contribution is -2.35. The first-order chi connectivity index (χ1) is 25.6. The van der Waals surface area contributed by atoms with Crippen LogP contribution in [0.1, 0.15) is 47.2 Å². The summed E-state index contributed by atoms with van der Waals surface area (Å²) in [6.45, 7) is 4.05. The minimum atomic E-state index is -4.44. The first kappa shape index (κ1) is 33.7. The standard InChI is InChI=1S/C47H33F3OS2/c1-45(2)41-29-32(47(48,49)50)21-26-39(41)42-37-15-9-10-16-38(37)44-40(43(42)45)27-28-46(51-44,30-17-22-35(23-18-30)52-33-11-5-3-6-12-33)31-19-24-36(25-20-31)53-34-13-7-4-8-14-34/h3-29H,1-2H3. The monoisotopic (exact) mass is 734 g/mol. The van der Waals surface area contributed by atoms with E-state index in [9.17, 15) is 13.2 Å². The Labute approximate surface area is 315 Å². The Morgan fingerprint density at radius 2 is 1.08 bits per heavy atom. The summed E-state index contributed by atoms with van der Waals surface area (Å²) < 4.78 is 49.5. The van der Waals surface area contributed by atoms with Gasteiger partial charge < -0.3 is 4.74 Å². The van der Waals surface area contributed by atoms with Crippen molar-refractivity contribution in [2.45, 2.75) is 50.6 Å². The van der Waals surface area contributed by atoms with Crippen LogP contribution in [0.3, 0.4) is 0 Å². The van der Waals surface area contributed by atoms with Crippen molar-refractivity contribution in [1.82, 2.24) is 0 Å². The van der Waals surface area contributed by atoms with Gasteiger partial charge in [0.25, 0.3) is 0 Å². The summed E-state index contributed by atoms with van der Waals surface area (Å²) in [6, 6.07) is 50.0. The first-order valence-corrected chi connectivity index (χ1v) is 19.1. The highest BCUT2D eigenvalue weighted by Gasteiger charge is 2.45. The molecule has 2 aliphatic rings. The third kappa shape index (κ3) is 5.76. The molecule has 53 heavy (non-hydrogen) atoms. The van der Waals surface area contributed by atoms with E-state index < -0.39 is 22.8 Å². The van der Waals surface area contributed by atoms with Gasteiger partial charge >= 0.3 is 6.18 Å². The number of hydrogen-bond donors (Lipinski definition) is 0. The van der Waals surface area contributed by atoms with Crippen LogP contribution in [-0.2, 0) is 17.2 Å². The Morgan fingerprint density at radius 1 is 0.566 bits per heavy atom. The molecule has 1 heterocycles. The maximum Gasteiger partial charge on any atom is 0.416 e. The van der Waals surface area contributed by atoms with Crippen LogP contribution in [-0.4, -0.2) is 0 Å². The Hall–Kier alpha value is -5.17. The minimum Gasteiger partial charge on any atom is -0.472 e. The maximum absolute atomic E-state index is 14.0. The van der Waals surface area contributed by atoms with E-state index in [0.717, 1.165) is 69.5 Å². The molecule has 1 aliphatic carbocycles. The molecular formula is C47H33F3OS2. The predicted octanol–water partition coefficient (Wildman–Crippen LogP) is 13.8. The molecule has 0 atom stereocenters. The molecule has 0 unspecified atom stereocenters. The van der Waals surface area contributed by atoms with Crippen LogP contribution in [0.2, 0.25) is 0 Å². The number of rotatable bonds is 6. The molecule has 0 saturated heterocycles. The molecule has 6 heteroatoms. The molecule has 0 saturated carbocycles. The van der Waals surface area contributed by atoms with Crippen LogP contribution < -0.4 is 4.74 Å². The topological polar surface area (TPSA) is 9.23 Å². The van der Waals surface area contributed by atoms with E-state index in [1.54, 1.807) is 29.6 Å². The summed E-state index contributed by atoms with van der Waals surface area (Å²) in [5, 5.41) is 1.88. The molecule has 9 rings (SSSR count). The Balaban J connectivity index is 1.20. The summed E-state index contributed by atoms with van der Waals surface area (Å²) in [7, 11) is 0. The zero-order valence-corrected chi connectivity index (χ0v) is 30.6. The second kappa shape index (κ2) is 12.8. The molecule has 1 aliphatic heterocycles. The van der Waals surface area contributed by atoms with Crippen molar-refractivity contribution in [3.8, 4) is 16.9 Å². The van der Waals surface area contributed by atoms with E-state index in [0.29, 0.717) is 5.56 Å².